The molecule has 0 amide bonds. The van der Waals surface area contributed by atoms with E-state index in [4.69, 9.17) is 7.87 Å². The minimum absolute atomic E-state index is 0.781. The molecule has 1 aliphatic heterocycles. The molecular formula is C2H6O2Zn. The van der Waals surface area contributed by atoms with Crippen LogP contribution in [0.3, 0.4) is 0 Å². The molecule has 1 heterocycles. The van der Waals surface area contributed by atoms with Crippen molar-refractivity contribution in [1.82, 2.24) is 0 Å². The van der Waals surface area contributed by atoms with Gasteiger partial charge in [0, 0.05) is 0 Å². The molecule has 1 rings (SSSR count). The van der Waals surface area contributed by atoms with Crippen LogP contribution >= 0.6 is 0 Å². The third-order valence-corrected chi connectivity index (χ3v) is 5.12. The van der Waals surface area contributed by atoms with E-state index in [0.717, 1.165) is 10.0 Å². The van der Waals surface area contributed by atoms with Crippen LogP contribution < -0.4 is 0 Å². The topological polar surface area (TPSA) is 40.5 Å². The van der Waals surface area contributed by atoms with Gasteiger partial charge in [-0.1, -0.05) is 0 Å². The van der Waals surface area contributed by atoms with Crippen LogP contribution in [-0.4, -0.2) is 7.87 Å². The molecule has 0 radical (unpaired) electrons. The van der Waals surface area contributed by atoms with Crippen molar-refractivity contribution in [2.75, 3.05) is 0 Å². The van der Waals surface area contributed by atoms with Gasteiger partial charge in [0.2, 0.25) is 0 Å². The van der Waals surface area contributed by atoms with Gasteiger partial charge in [-0.2, -0.15) is 0 Å². The van der Waals surface area contributed by atoms with E-state index in [0.29, 0.717) is 0 Å². The Balaban J connectivity index is 2.38. The average Bonchev–Trinajstić information content (AvgIpc) is 1.76. The van der Waals surface area contributed by atoms with Gasteiger partial charge < -0.3 is 0 Å². The van der Waals surface area contributed by atoms with Crippen molar-refractivity contribution in [2.45, 2.75) is 10.0 Å². The minimum atomic E-state index is -3.00. The fourth-order valence-corrected chi connectivity index (χ4v) is 6.04. The van der Waals surface area contributed by atoms with Gasteiger partial charge in [0.25, 0.3) is 0 Å². The zero-order chi connectivity index (χ0) is 3.91. The third kappa shape index (κ3) is 0.956. The van der Waals surface area contributed by atoms with Crippen molar-refractivity contribution in [3.63, 3.8) is 0 Å². The van der Waals surface area contributed by atoms with Gasteiger partial charge in [0.1, 0.15) is 0 Å². The summed E-state index contributed by atoms with van der Waals surface area (Å²) in [5.41, 5.74) is 0. The molecule has 0 saturated carbocycles. The van der Waals surface area contributed by atoms with Gasteiger partial charge in [0.05, 0.1) is 0 Å². The van der Waals surface area contributed by atoms with E-state index in [-0.39, 0.29) is 0 Å². The standard InChI is InChI=1S/C2H4.2H2O.Zn/c1-2;;;/h1-2H2;2*1H2;/q;;;+2/p-2. The summed E-state index contributed by atoms with van der Waals surface area (Å²) in [6.45, 7) is 0. The summed E-state index contributed by atoms with van der Waals surface area (Å²) in [7, 11) is 0. The predicted octanol–water partition coefficient (Wildman–Crippen LogP) is -0.195. The maximum atomic E-state index is 8.41. The summed E-state index contributed by atoms with van der Waals surface area (Å²) >= 11 is -3.00. The fraction of sp³-hybridized carbons (Fsp3) is 1.00. The van der Waals surface area contributed by atoms with Gasteiger partial charge in [-0.15, -0.1) is 0 Å². The van der Waals surface area contributed by atoms with Crippen LogP contribution in [0, 0.1) is 0 Å². The van der Waals surface area contributed by atoms with Crippen molar-refractivity contribution in [2.24, 2.45) is 0 Å². The van der Waals surface area contributed by atoms with E-state index in [9.17, 15) is 0 Å². The van der Waals surface area contributed by atoms with Gasteiger partial charge >= 0.3 is 33.4 Å². The van der Waals surface area contributed by atoms with Gasteiger partial charge in [-0.05, 0) is 0 Å². The number of hydrogen-bond donors (Lipinski definition) is 2. The molecule has 0 unspecified atom stereocenters. The van der Waals surface area contributed by atoms with E-state index >= 15 is 0 Å². The second-order valence-electron chi connectivity index (χ2n) is 2.10. The van der Waals surface area contributed by atoms with Gasteiger partial charge in [-0.3, -0.25) is 0 Å². The molecule has 5 heavy (non-hydrogen) atoms. The predicted molar refractivity (Wildman–Crippen MR) is 14.1 cm³/mol. The van der Waals surface area contributed by atoms with Crippen molar-refractivity contribution >= 4 is 0 Å². The Morgan fingerprint density at radius 3 is 1.40 bits per heavy atom. The summed E-state index contributed by atoms with van der Waals surface area (Å²) in [4.78, 5) is 0. The molecule has 1 aliphatic rings. The molecule has 0 aromatic heterocycles. The monoisotopic (exact) mass is 126 g/mol. The summed E-state index contributed by atoms with van der Waals surface area (Å²) < 4.78 is 16.8. The first-order chi connectivity index (χ1) is 2.21. The molecule has 0 aliphatic carbocycles. The molecule has 0 spiro atoms. The normalized spacial score (nSPS) is 23.6. The second kappa shape index (κ2) is 0.782. The summed E-state index contributed by atoms with van der Waals surface area (Å²) in [5.74, 6) is 0. The van der Waals surface area contributed by atoms with Crippen LogP contribution in [0.4, 0.5) is 0 Å². The second-order valence-corrected chi connectivity index (χ2v) is 10.9. The zero-order valence-corrected chi connectivity index (χ0v) is 5.98. The van der Waals surface area contributed by atoms with Crippen LogP contribution in [-0.2, 0) is 15.5 Å². The van der Waals surface area contributed by atoms with Crippen molar-refractivity contribution in [1.29, 1.82) is 0 Å². The van der Waals surface area contributed by atoms with Crippen LogP contribution in [0.5, 0.6) is 0 Å². The first-order valence-corrected chi connectivity index (χ1v) is 8.98. The molecule has 2 N–H and O–H groups in total. The molecule has 0 aromatic carbocycles. The van der Waals surface area contributed by atoms with E-state index in [2.05, 4.69) is 0 Å². The quantitative estimate of drug-likeness (QED) is 0.443. The molecule has 2 nitrogen and oxygen atoms in total. The Kier molecular flexibility index (Phi) is 0.582. The zero-order valence-electron chi connectivity index (χ0n) is 3.02. The Morgan fingerprint density at radius 1 is 1.20 bits per heavy atom. The Hall–Kier alpha value is 0.543. The molecule has 28 valence electrons. The van der Waals surface area contributed by atoms with Crippen molar-refractivity contribution < 1.29 is 23.4 Å². The molecule has 0 bridgehead atoms. The Labute approximate surface area is 34.1 Å². The third-order valence-electron chi connectivity index (χ3n) is 0.986. The molecular weight excluding hydrogens is 121 g/mol. The molecule has 0 aromatic rings. The molecule has 1 saturated heterocycles. The Bertz CT molecular complexity index is 45.6. The fourth-order valence-electron chi connectivity index (χ4n) is 0.224. The molecule has 1 fully saturated rings. The van der Waals surface area contributed by atoms with Crippen LogP contribution in [0.15, 0.2) is 0 Å². The summed E-state index contributed by atoms with van der Waals surface area (Å²) in [6.07, 6.45) is 0. The molecule has 0 atom stereocenters. The first-order valence-electron chi connectivity index (χ1n) is 2.13. The average molecular weight is 127 g/mol. The van der Waals surface area contributed by atoms with E-state index in [1.54, 1.807) is 0 Å². The SMILES string of the molecule is [OH][Zn]1([OH])[CH2][CH2]1. The van der Waals surface area contributed by atoms with E-state index in [1.165, 1.54) is 0 Å². The van der Waals surface area contributed by atoms with Gasteiger partial charge in [-0.25, -0.2) is 0 Å². The van der Waals surface area contributed by atoms with Crippen LogP contribution in [0.2, 0.25) is 10.0 Å². The van der Waals surface area contributed by atoms with Crippen LogP contribution in [0.1, 0.15) is 0 Å². The van der Waals surface area contributed by atoms with E-state index in [1.807, 2.05) is 0 Å². The van der Waals surface area contributed by atoms with Crippen LogP contribution in [0.25, 0.3) is 0 Å². The summed E-state index contributed by atoms with van der Waals surface area (Å²) in [6, 6.07) is 0. The van der Waals surface area contributed by atoms with Crippen molar-refractivity contribution in [3.05, 3.63) is 0 Å². The Morgan fingerprint density at radius 2 is 1.40 bits per heavy atom. The van der Waals surface area contributed by atoms with E-state index < -0.39 is 15.5 Å². The first kappa shape index (κ1) is 3.72. The maximum absolute atomic E-state index is 8.41. The van der Waals surface area contributed by atoms with Crippen molar-refractivity contribution in [3.8, 4) is 0 Å². The summed E-state index contributed by atoms with van der Waals surface area (Å²) in [5, 5.41) is 1.56. The van der Waals surface area contributed by atoms with Gasteiger partial charge in [0.15, 0.2) is 0 Å². The number of rotatable bonds is 0. The molecule has 3 heteroatoms. The number of hydrogen-bond acceptors (Lipinski definition) is 2.